The summed E-state index contributed by atoms with van der Waals surface area (Å²) in [6.07, 6.45) is 0. The monoisotopic (exact) mass is 443 g/mol. The van der Waals surface area contributed by atoms with E-state index in [0.717, 1.165) is 26.7 Å². The number of benzene rings is 4. The standard InChI is InChI=1S/C26H18ClNO2S/c27-20-13-14-25-23(16-20)28(22-11-4-5-12-24(22)31-25)26(29)19-9-6-10-21(15-19)30-17-18-7-2-1-3-8-18/h1-16H,17H2. The Morgan fingerprint density at radius 2 is 1.58 bits per heavy atom. The summed E-state index contributed by atoms with van der Waals surface area (Å²) in [7, 11) is 0. The van der Waals surface area contributed by atoms with Crippen molar-refractivity contribution in [2.24, 2.45) is 0 Å². The fourth-order valence-electron chi connectivity index (χ4n) is 3.54. The minimum absolute atomic E-state index is 0.124. The maximum atomic E-state index is 13.7. The molecule has 5 rings (SSSR count). The third-order valence-corrected chi connectivity index (χ3v) is 6.39. The lowest BCUT2D eigenvalue weighted by molar-refractivity contribution is 0.0998. The van der Waals surface area contributed by atoms with E-state index in [1.54, 1.807) is 22.7 Å². The van der Waals surface area contributed by atoms with Crippen molar-refractivity contribution in [2.45, 2.75) is 16.4 Å². The molecule has 3 nitrogen and oxygen atoms in total. The van der Waals surface area contributed by atoms with Gasteiger partial charge in [0, 0.05) is 20.4 Å². The van der Waals surface area contributed by atoms with Crippen LogP contribution in [-0.2, 0) is 6.61 Å². The van der Waals surface area contributed by atoms with Crippen molar-refractivity contribution in [3.05, 3.63) is 113 Å². The molecule has 31 heavy (non-hydrogen) atoms. The maximum Gasteiger partial charge on any atom is 0.263 e. The maximum absolute atomic E-state index is 13.7. The number of amides is 1. The summed E-state index contributed by atoms with van der Waals surface area (Å²) in [6, 6.07) is 30.8. The normalized spacial score (nSPS) is 12.1. The first kappa shape index (κ1) is 19.7. The van der Waals surface area contributed by atoms with E-state index < -0.39 is 0 Å². The number of anilines is 2. The largest absolute Gasteiger partial charge is 0.489 e. The van der Waals surface area contributed by atoms with Gasteiger partial charge in [0.2, 0.25) is 0 Å². The molecule has 4 aromatic rings. The Balaban J connectivity index is 1.48. The van der Waals surface area contributed by atoms with Crippen molar-refractivity contribution in [1.29, 1.82) is 0 Å². The summed E-state index contributed by atoms with van der Waals surface area (Å²) in [6.45, 7) is 0.445. The van der Waals surface area contributed by atoms with E-state index in [2.05, 4.69) is 0 Å². The fourth-order valence-corrected chi connectivity index (χ4v) is 4.74. The van der Waals surface area contributed by atoms with Gasteiger partial charge in [-0.1, -0.05) is 71.9 Å². The number of hydrogen-bond acceptors (Lipinski definition) is 3. The van der Waals surface area contributed by atoms with E-state index in [1.165, 1.54) is 0 Å². The van der Waals surface area contributed by atoms with Gasteiger partial charge in [0.25, 0.3) is 5.91 Å². The van der Waals surface area contributed by atoms with Crippen molar-refractivity contribution in [2.75, 3.05) is 4.90 Å². The van der Waals surface area contributed by atoms with Crippen molar-refractivity contribution < 1.29 is 9.53 Å². The van der Waals surface area contributed by atoms with Crippen LogP contribution in [0.5, 0.6) is 5.75 Å². The highest BCUT2D eigenvalue weighted by Gasteiger charge is 2.29. The number of halogens is 1. The van der Waals surface area contributed by atoms with E-state index in [-0.39, 0.29) is 5.91 Å². The third-order valence-electron chi connectivity index (χ3n) is 5.02. The smallest absolute Gasteiger partial charge is 0.263 e. The number of carbonyl (C=O) groups excluding carboxylic acids is 1. The second kappa shape index (κ2) is 8.50. The summed E-state index contributed by atoms with van der Waals surface area (Å²) in [5, 5.41) is 0.594. The molecule has 0 radical (unpaired) electrons. The van der Waals surface area contributed by atoms with Gasteiger partial charge in [-0.2, -0.15) is 0 Å². The lowest BCUT2D eigenvalue weighted by Gasteiger charge is -2.31. The van der Waals surface area contributed by atoms with E-state index in [1.807, 2.05) is 91.0 Å². The van der Waals surface area contributed by atoms with Gasteiger partial charge >= 0.3 is 0 Å². The summed E-state index contributed by atoms with van der Waals surface area (Å²) in [5.74, 6) is 0.530. The van der Waals surface area contributed by atoms with Crippen LogP contribution in [0.1, 0.15) is 15.9 Å². The van der Waals surface area contributed by atoms with Crippen LogP contribution < -0.4 is 9.64 Å². The Bertz CT molecular complexity index is 1260. The quantitative estimate of drug-likeness (QED) is 0.330. The zero-order valence-corrected chi connectivity index (χ0v) is 18.1. The first-order valence-electron chi connectivity index (χ1n) is 9.87. The Morgan fingerprint density at radius 3 is 2.45 bits per heavy atom. The molecular formula is C26H18ClNO2S. The molecule has 0 unspecified atom stereocenters. The number of fused-ring (bicyclic) bond motifs is 2. The highest BCUT2D eigenvalue weighted by molar-refractivity contribution is 7.99. The summed E-state index contributed by atoms with van der Waals surface area (Å²) < 4.78 is 5.93. The van der Waals surface area contributed by atoms with Gasteiger partial charge in [0.05, 0.1) is 11.4 Å². The highest BCUT2D eigenvalue weighted by atomic mass is 35.5. The van der Waals surface area contributed by atoms with Crippen LogP contribution in [0, 0.1) is 0 Å². The first-order valence-corrected chi connectivity index (χ1v) is 11.1. The molecule has 0 N–H and O–H groups in total. The molecule has 5 heteroatoms. The topological polar surface area (TPSA) is 29.5 Å². The van der Waals surface area contributed by atoms with Crippen LogP contribution in [0.4, 0.5) is 11.4 Å². The molecule has 1 aliphatic rings. The van der Waals surface area contributed by atoms with E-state index in [4.69, 9.17) is 16.3 Å². The zero-order valence-electron chi connectivity index (χ0n) is 16.5. The minimum Gasteiger partial charge on any atom is -0.489 e. The second-order valence-corrected chi connectivity index (χ2v) is 8.64. The van der Waals surface area contributed by atoms with Gasteiger partial charge in [-0.05, 0) is 54.1 Å². The summed E-state index contributed by atoms with van der Waals surface area (Å²) in [4.78, 5) is 17.4. The molecule has 0 aromatic heterocycles. The Hall–Kier alpha value is -3.21. The van der Waals surface area contributed by atoms with Crippen LogP contribution >= 0.6 is 23.4 Å². The molecule has 0 bridgehead atoms. The number of hydrogen-bond donors (Lipinski definition) is 0. The predicted molar refractivity (Wildman–Crippen MR) is 126 cm³/mol. The van der Waals surface area contributed by atoms with Crippen molar-refractivity contribution in [3.63, 3.8) is 0 Å². The van der Waals surface area contributed by atoms with Crippen molar-refractivity contribution in [1.82, 2.24) is 0 Å². The summed E-state index contributed by atoms with van der Waals surface area (Å²) in [5.41, 5.74) is 3.27. The van der Waals surface area contributed by atoms with Gasteiger partial charge in [0.1, 0.15) is 12.4 Å². The number of carbonyl (C=O) groups is 1. The second-order valence-electron chi connectivity index (χ2n) is 7.12. The molecule has 1 amide bonds. The molecule has 0 aliphatic carbocycles. The van der Waals surface area contributed by atoms with Gasteiger partial charge < -0.3 is 4.74 Å². The molecule has 4 aromatic carbocycles. The Morgan fingerprint density at radius 1 is 0.806 bits per heavy atom. The molecule has 0 saturated heterocycles. The van der Waals surface area contributed by atoms with E-state index >= 15 is 0 Å². The van der Waals surface area contributed by atoms with Crippen molar-refractivity contribution >= 4 is 40.6 Å². The molecule has 0 fully saturated rings. The van der Waals surface area contributed by atoms with Crippen LogP contribution in [0.3, 0.4) is 0 Å². The van der Waals surface area contributed by atoms with Crippen molar-refractivity contribution in [3.8, 4) is 5.75 Å². The average molecular weight is 444 g/mol. The predicted octanol–water partition coefficient (Wildman–Crippen LogP) is 7.36. The lowest BCUT2D eigenvalue weighted by Crippen LogP contribution is -2.28. The van der Waals surface area contributed by atoms with Gasteiger partial charge in [-0.15, -0.1) is 0 Å². The molecule has 0 spiro atoms. The number of nitrogens with zero attached hydrogens (tertiary/aromatic N) is 1. The number of para-hydroxylation sites is 1. The van der Waals surface area contributed by atoms with Gasteiger partial charge in [0.15, 0.2) is 0 Å². The molecule has 1 aliphatic heterocycles. The molecule has 152 valence electrons. The molecular weight excluding hydrogens is 426 g/mol. The Labute approximate surface area is 190 Å². The van der Waals surface area contributed by atoms with Crippen LogP contribution in [-0.4, -0.2) is 5.91 Å². The Kier molecular flexibility index (Phi) is 5.41. The zero-order chi connectivity index (χ0) is 21.2. The van der Waals surface area contributed by atoms with Crippen LogP contribution in [0.25, 0.3) is 0 Å². The third kappa shape index (κ3) is 4.05. The molecule has 0 atom stereocenters. The fraction of sp³-hybridized carbons (Fsp3) is 0.0385. The van der Waals surface area contributed by atoms with Gasteiger partial charge in [-0.3, -0.25) is 9.69 Å². The first-order chi connectivity index (χ1) is 15.2. The minimum atomic E-state index is -0.124. The van der Waals surface area contributed by atoms with E-state index in [0.29, 0.717) is 22.9 Å². The van der Waals surface area contributed by atoms with Crippen LogP contribution in [0.2, 0.25) is 5.02 Å². The van der Waals surface area contributed by atoms with Gasteiger partial charge in [-0.25, -0.2) is 0 Å². The van der Waals surface area contributed by atoms with E-state index in [9.17, 15) is 4.79 Å². The number of ether oxygens (including phenoxy) is 1. The van der Waals surface area contributed by atoms with Crippen LogP contribution in [0.15, 0.2) is 107 Å². The number of rotatable bonds is 4. The summed E-state index contributed by atoms with van der Waals surface area (Å²) >= 11 is 7.92. The molecule has 1 heterocycles. The molecule has 0 saturated carbocycles. The average Bonchev–Trinajstić information content (AvgIpc) is 2.82. The highest BCUT2D eigenvalue weighted by Crippen LogP contribution is 2.49. The lowest BCUT2D eigenvalue weighted by atomic mass is 10.1. The SMILES string of the molecule is O=C(c1cccc(OCc2ccccc2)c1)N1c2ccccc2Sc2ccc(Cl)cc21.